The van der Waals surface area contributed by atoms with E-state index in [0.717, 1.165) is 23.7 Å². The molecule has 0 saturated heterocycles. The molecule has 2 bridgehead atoms. The van der Waals surface area contributed by atoms with Gasteiger partial charge in [-0.3, -0.25) is 0 Å². The van der Waals surface area contributed by atoms with Crippen molar-refractivity contribution in [1.29, 1.82) is 0 Å². The van der Waals surface area contributed by atoms with Crippen LogP contribution in [0, 0.1) is 29.6 Å². The van der Waals surface area contributed by atoms with Gasteiger partial charge in [-0.2, -0.15) is 0 Å². The first-order chi connectivity index (χ1) is 8.20. The van der Waals surface area contributed by atoms with E-state index in [1.54, 1.807) is 0 Å². The van der Waals surface area contributed by atoms with Crippen molar-refractivity contribution >= 4 is 0 Å². The fourth-order valence-corrected chi connectivity index (χ4v) is 4.75. The van der Waals surface area contributed by atoms with E-state index in [-0.39, 0.29) is 0 Å². The number of hydrogen-bond donors (Lipinski definition) is 0. The van der Waals surface area contributed by atoms with Gasteiger partial charge >= 0.3 is 0 Å². The summed E-state index contributed by atoms with van der Waals surface area (Å²) in [5, 5.41) is 0. The lowest BCUT2D eigenvalue weighted by atomic mass is 9.80. The van der Waals surface area contributed by atoms with Crippen molar-refractivity contribution in [3.8, 4) is 0 Å². The molecule has 7 atom stereocenters. The van der Waals surface area contributed by atoms with E-state index in [0.29, 0.717) is 18.1 Å². The maximum Gasteiger partial charge on any atom is 0.0612 e. The third kappa shape index (κ3) is 1.87. The van der Waals surface area contributed by atoms with E-state index in [1.807, 2.05) is 6.08 Å². The Balaban J connectivity index is 1.62. The molecule has 0 heterocycles. The molecule has 0 N–H and O–H groups in total. The van der Waals surface area contributed by atoms with Gasteiger partial charge in [0.2, 0.25) is 0 Å². The highest BCUT2D eigenvalue weighted by Gasteiger charge is 2.54. The molecule has 7 unspecified atom stereocenters. The molecule has 3 aliphatic rings. The van der Waals surface area contributed by atoms with Crippen molar-refractivity contribution in [3.63, 3.8) is 0 Å². The van der Waals surface area contributed by atoms with Crippen LogP contribution in [0.4, 0.5) is 0 Å². The van der Waals surface area contributed by atoms with Crippen LogP contribution in [0.3, 0.4) is 0 Å². The smallest absolute Gasteiger partial charge is 0.0612 e. The van der Waals surface area contributed by atoms with Crippen LogP contribution in [-0.4, -0.2) is 12.2 Å². The lowest BCUT2D eigenvalue weighted by Gasteiger charge is -2.34. The first kappa shape index (κ1) is 11.8. The molecule has 0 radical (unpaired) electrons. The highest BCUT2D eigenvalue weighted by molar-refractivity contribution is 5.04. The molecule has 3 aliphatic carbocycles. The van der Waals surface area contributed by atoms with Gasteiger partial charge in [-0.15, -0.1) is 6.58 Å². The Bertz CT molecular complexity index is 298. The molecular formula is C16H26O. The first-order valence-corrected chi connectivity index (χ1v) is 7.48. The lowest BCUT2D eigenvalue weighted by Crippen LogP contribution is -2.34. The molecule has 17 heavy (non-hydrogen) atoms. The minimum atomic E-state index is 0.344. The Morgan fingerprint density at radius 2 is 1.88 bits per heavy atom. The van der Waals surface area contributed by atoms with Gasteiger partial charge in [0.25, 0.3) is 0 Å². The molecule has 0 spiro atoms. The van der Waals surface area contributed by atoms with Crippen LogP contribution in [0.1, 0.15) is 46.0 Å². The SMILES string of the molecule is C=CC(C)C(C)OC1CC2CC1C1CCCC21. The number of ether oxygens (including phenoxy) is 1. The Hall–Kier alpha value is -0.300. The monoisotopic (exact) mass is 234 g/mol. The van der Waals surface area contributed by atoms with Gasteiger partial charge in [-0.05, 0) is 62.2 Å². The summed E-state index contributed by atoms with van der Waals surface area (Å²) in [6.07, 6.45) is 10.2. The van der Waals surface area contributed by atoms with Crippen LogP contribution >= 0.6 is 0 Å². The van der Waals surface area contributed by atoms with Gasteiger partial charge in [-0.1, -0.05) is 19.4 Å². The zero-order valence-electron chi connectivity index (χ0n) is 11.3. The molecule has 3 saturated carbocycles. The largest absolute Gasteiger partial charge is 0.374 e. The summed E-state index contributed by atoms with van der Waals surface area (Å²) < 4.78 is 6.33. The van der Waals surface area contributed by atoms with Crippen LogP contribution < -0.4 is 0 Å². The minimum absolute atomic E-state index is 0.344. The molecule has 0 aromatic heterocycles. The third-order valence-corrected chi connectivity index (χ3v) is 5.87. The maximum absolute atomic E-state index is 6.33. The van der Waals surface area contributed by atoms with Gasteiger partial charge in [0, 0.05) is 0 Å². The molecule has 0 aliphatic heterocycles. The van der Waals surface area contributed by atoms with Crippen molar-refractivity contribution in [2.24, 2.45) is 29.6 Å². The van der Waals surface area contributed by atoms with Crippen LogP contribution in [0.2, 0.25) is 0 Å². The predicted octanol–water partition coefficient (Wildman–Crippen LogP) is 4.04. The second-order valence-electron chi connectivity index (χ2n) is 6.63. The summed E-state index contributed by atoms with van der Waals surface area (Å²) in [7, 11) is 0. The summed E-state index contributed by atoms with van der Waals surface area (Å²) >= 11 is 0. The summed E-state index contributed by atoms with van der Waals surface area (Å²) in [5.74, 6) is 4.47. The van der Waals surface area contributed by atoms with E-state index in [1.165, 1.54) is 32.1 Å². The molecule has 96 valence electrons. The Morgan fingerprint density at radius 3 is 2.65 bits per heavy atom. The van der Waals surface area contributed by atoms with Crippen molar-refractivity contribution in [1.82, 2.24) is 0 Å². The molecule has 0 aromatic carbocycles. The van der Waals surface area contributed by atoms with Crippen LogP contribution in [-0.2, 0) is 4.74 Å². The zero-order valence-corrected chi connectivity index (χ0v) is 11.3. The zero-order chi connectivity index (χ0) is 12.0. The highest BCUT2D eigenvalue weighted by Crippen LogP contribution is 2.59. The second kappa shape index (κ2) is 4.42. The summed E-state index contributed by atoms with van der Waals surface area (Å²) in [5.41, 5.74) is 0. The van der Waals surface area contributed by atoms with Gasteiger partial charge in [0.15, 0.2) is 0 Å². The fraction of sp³-hybridized carbons (Fsp3) is 0.875. The molecule has 0 amide bonds. The van der Waals surface area contributed by atoms with E-state index in [4.69, 9.17) is 4.74 Å². The minimum Gasteiger partial charge on any atom is -0.374 e. The highest BCUT2D eigenvalue weighted by atomic mass is 16.5. The molecule has 0 aromatic rings. The molecule has 1 heteroatoms. The van der Waals surface area contributed by atoms with Gasteiger partial charge in [0.05, 0.1) is 12.2 Å². The van der Waals surface area contributed by atoms with Gasteiger partial charge < -0.3 is 4.74 Å². The fourth-order valence-electron chi connectivity index (χ4n) is 4.75. The molecule has 1 nitrogen and oxygen atoms in total. The standard InChI is InChI=1S/C16H26O/c1-4-10(2)11(3)17-16-9-12-8-15(16)14-7-5-6-13(12)14/h4,10-16H,1,5-9H2,2-3H3. The first-order valence-electron chi connectivity index (χ1n) is 7.48. The molecule has 3 fully saturated rings. The van der Waals surface area contributed by atoms with Crippen LogP contribution in [0.5, 0.6) is 0 Å². The number of rotatable bonds is 4. The van der Waals surface area contributed by atoms with Crippen molar-refractivity contribution in [3.05, 3.63) is 12.7 Å². The predicted molar refractivity (Wildman–Crippen MR) is 70.7 cm³/mol. The average molecular weight is 234 g/mol. The lowest BCUT2D eigenvalue weighted by molar-refractivity contribution is -0.0628. The van der Waals surface area contributed by atoms with Crippen LogP contribution in [0.15, 0.2) is 12.7 Å². The van der Waals surface area contributed by atoms with Gasteiger partial charge in [-0.25, -0.2) is 0 Å². The Morgan fingerprint density at radius 1 is 1.12 bits per heavy atom. The van der Waals surface area contributed by atoms with E-state index in [2.05, 4.69) is 20.4 Å². The normalized spacial score (nSPS) is 46.8. The Kier molecular flexibility index (Phi) is 3.06. The van der Waals surface area contributed by atoms with Crippen molar-refractivity contribution in [2.75, 3.05) is 0 Å². The van der Waals surface area contributed by atoms with Gasteiger partial charge in [0.1, 0.15) is 0 Å². The third-order valence-electron chi connectivity index (χ3n) is 5.87. The second-order valence-corrected chi connectivity index (χ2v) is 6.63. The number of fused-ring (bicyclic) bond motifs is 5. The average Bonchev–Trinajstić information content (AvgIpc) is 2.98. The molecular weight excluding hydrogens is 208 g/mol. The summed E-state index contributed by atoms with van der Waals surface area (Å²) in [4.78, 5) is 0. The quantitative estimate of drug-likeness (QED) is 0.667. The van der Waals surface area contributed by atoms with E-state index >= 15 is 0 Å². The van der Waals surface area contributed by atoms with Crippen LogP contribution in [0.25, 0.3) is 0 Å². The number of hydrogen-bond acceptors (Lipinski definition) is 1. The van der Waals surface area contributed by atoms with E-state index in [9.17, 15) is 0 Å². The maximum atomic E-state index is 6.33. The van der Waals surface area contributed by atoms with Crippen molar-refractivity contribution in [2.45, 2.75) is 58.2 Å². The molecule has 3 rings (SSSR count). The summed E-state index contributed by atoms with van der Waals surface area (Å²) in [6.45, 7) is 8.30. The topological polar surface area (TPSA) is 9.23 Å². The van der Waals surface area contributed by atoms with Crippen molar-refractivity contribution < 1.29 is 4.74 Å². The van der Waals surface area contributed by atoms with E-state index < -0.39 is 0 Å². The summed E-state index contributed by atoms with van der Waals surface area (Å²) in [6, 6.07) is 0. The Labute approximate surface area is 106 Å².